The van der Waals surface area contributed by atoms with Crippen LogP contribution in [0.4, 0.5) is 0 Å². The first-order valence-corrected chi connectivity index (χ1v) is 8.76. The van der Waals surface area contributed by atoms with Crippen molar-refractivity contribution in [2.75, 3.05) is 7.05 Å². The monoisotopic (exact) mass is 315 g/mol. The molecule has 0 saturated carbocycles. The van der Waals surface area contributed by atoms with E-state index in [0.717, 1.165) is 5.56 Å². The average Bonchev–Trinajstić information content (AvgIpc) is 2.60. The summed E-state index contributed by atoms with van der Waals surface area (Å²) in [6.45, 7) is 1.85. The van der Waals surface area contributed by atoms with Gasteiger partial charge in [0.1, 0.15) is 0 Å². The van der Waals surface area contributed by atoms with E-state index < -0.39 is 21.1 Å². The summed E-state index contributed by atoms with van der Waals surface area (Å²) in [5.41, 5.74) is 0.734. The maximum absolute atomic E-state index is 13.5. The van der Waals surface area contributed by atoms with Crippen molar-refractivity contribution in [3.05, 3.63) is 78.4 Å². The molecule has 4 heteroatoms. The lowest BCUT2D eigenvalue weighted by molar-refractivity contribution is 0.184. The molecule has 116 valence electrons. The van der Waals surface area contributed by atoms with E-state index in [9.17, 15) is 9.32 Å². The SMILES string of the molecule is C/C=C/[C@H]([C@H](O)c1ccccc1)S(=O)(=NC)c1ccccc1. The Bertz CT molecular complexity index is 732. The summed E-state index contributed by atoms with van der Waals surface area (Å²) in [4.78, 5) is 0.635. The number of hydrogen-bond donors (Lipinski definition) is 1. The molecule has 2 aromatic rings. The molecule has 0 aromatic heterocycles. The third-order valence-corrected chi connectivity index (χ3v) is 6.20. The van der Waals surface area contributed by atoms with Gasteiger partial charge in [0, 0.05) is 11.9 Å². The highest BCUT2D eigenvalue weighted by Crippen LogP contribution is 2.29. The van der Waals surface area contributed by atoms with Crippen LogP contribution in [0.2, 0.25) is 0 Å². The summed E-state index contributed by atoms with van der Waals surface area (Å²) >= 11 is 0. The highest BCUT2D eigenvalue weighted by atomic mass is 32.2. The highest BCUT2D eigenvalue weighted by Gasteiger charge is 2.30. The summed E-state index contributed by atoms with van der Waals surface area (Å²) < 4.78 is 17.7. The van der Waals surface area contributed by atoms with Crippen molar-refractivity contribution >= 4 is 9.73 Å². The van der Waals surface area contributed by atoms with Gasteiger partial charge in [0.2, 0.25) is 0 Å². The number of nitrogens with zero attached hydrogens (tertiary/aromatic N) is 1. The fourth-order valence-corrected chi connectivity index (χ4v) is 4.61. The Labute approximate surface area is 132 Å². The molecule has 0 aliphatic rings. The Balaban J connectivity index is 2.54. The zero-order valence-corrected chi connectivity index (χ0v) is 13.6. The Hall–Kier alpha value is -1.91. The Kier molecular flexibility index (Phi) is 5.52. The molecule has 3 atom stereocenters. The zero-order chi connectivity index (χ0) is 16.0. The number of rotatable bonds is 5. The van der Waals surface area contributed by atoms with Crippen LogP contribution in [0.15, 0.2) is 82.1 Å². The third-order valence-electron chi connectivity index (χ3n) is 3.56. The zero-order valence-electron chi connectivity index (χ0n) is 12.8. The minimum atomic E-state index is -2.77. The largest absolute Gasteiger partial charge is 0.387 e. The lowest BCUT2D eigenvalue weighted by atomic mass is 10.1. The van der Waals surface area contributed by atoms with E-state index >= 15 is 0 Å². The molecule has 22 heavy (non-hydrogen) atoms. The quantitative estimate of drug-likeness (QED) is 0.853. The van der Waals surface area contributed by atoms with E-state index in [1.165, 1.54) is 0 Å². The van der Waals surface area contributed by atoms with Crippen molar-refractivity contribution < 1.29 is 9.32 Å². The molecule has 2 rings (SSSR count). The van der Waals surface area contributed by atoms with Gasteiger partial charge in [0.25, 0.3) is 0 Å². The number of hydrogen-bond acceptors (Lipinski definition) is 3. The third kappa shape index (κ3) is 3.29. The van der Waals surface area contributed by atoms with Gasteiger partial charge in [-0.2, -0.15) is 0 Å². The van der Waals surface area contributed by atoms with E-state index in [0.29, 0.717) is 4.90 Å². The van der Waals surface area contributed by atoms with Gasteiger partial charge in [-0.1, -0.05) is 60.7 Å². The molecule has 1 unspecified atom stereocenters. The average molecular weight is 315 g/mol. The summed E-state index contributed by atoms with van der Waals surface area (Å²) in [5.74, 6) is 0. The van der Waals surface area contributed by atoms with Crippen LogP contribution in [-0.2, 0) is 9.73 Å². The molecular weight excluding hydrogens is 294 g/mol. The van der Waals surface area contributed by atoms with Gasteiger partial charge >= 0.3 is 0 Å². The van der Waals surface area contributed by atoms with E-state index in [-0.39, 0.29) is 0 Å². The van der Waals surface area contributed by atoms with Gasteiger partial charge in [-0.3, -0.25) is 0 Å². The van der Waals surface area contributed by atoms with Gasteiger partial charge in [0.15, 0.2) is 0 Å². The Morgan fingerprint density at radius 2 is 1.59 bits per heavy atom. The molecule has 0 amide bonds. The van der Waals surface area contributed by atoms with E-state index in [2.05, 4.69) is 4.36 Å². The molecule has 0 aliphatic carbocycles. The van der Waals surface area contributed by atoms with Crippen LogP contribution in [0.3, 0.4) is 0 Å². The van der Waals surface area contributed by atoms with Gasteiger partial charge in [-0.15, -0.1) is 0 Å². The number of aliphatic hydroxyl groups is 1. The Morgan fingerprint density at radius 3 is 2.09 bits per heavy atom. The van der Waals surface area contributed by atoms with Gasteiger partial charge in [-0.05, 0) is 24.6 Å². The highest BCUT2D eigenvalue weighted by molar-refractivity contribution is 7.94. The minimum absolute atomic E-state index is 0.604. The summed E-state index contributed by atoms with van der Waals surface area (Å²) in [6, 6.07) is 18.4. The number of aliphatic hydroxyl groups excluding tert-OH is 1. The molecule has 0 bridgehead atoms. The van der Waals surface area contributed by atoms with E-state index in [4.69, 9.17) is 0 Å². The maximum Gasteiger partial charge on any atom is 0.0980 e. The molecule has 3 nitrogen and oxygen atoms in total. The van der Waals surface area contributed by atoms with Crippen LogP contribution in [-0.4, -0.2) is 21.6 Å². The molecule has 0 aliphatic heterocycles. The van der Waals surface area contributed by atoms with Crippen LogP contribution >= 0.6 is 0 Å². The van der Waals surface area contributed by atoms with E-state index in [1.807, 2.05) is 61.5 Å². The van der Waals surface area contributed by atoms with E-state index in [1.54, 1.807) is 25.3 Å². The summed E-state index contributed by atoms with van der Waals surface area (Å²) in [5, 5.41) is 10.1. The van der Waals surface area contributed by atoms with Gasteiger partial charge < -0.3 is 5.11 Å². The standard InChI is InChI=1S/C18H21NO2S/c1-3-10-17(18(20)15-11-6-4-7-12-15)22(21,19-2)16-13-8-5-9-14-16/h3-14,17-18,20H,1-2H3/b10-3+/t17-,18-,22?/m1/s1. The fourth-order valence-electron chi connectivity index (χ4n) is 2.42. The topological polar surface area (TPSA) is 49.7 Å². The van der Waals surface area contributed by atoms with Gasteiger partial charge in [0.05, 0.1) is 21.1 Å². The lowest BCUT2D eigenvalue weighted by Crippen LogP contribution is -2.26. The second kappa shape index (κ2) is 7.38. The first kappa shape index (κ1) is 16.5. The van der Waals surface area contributed by atoms with Crippen LogP contribution in [0, 0.1) is 0 Å². The second-order valence-corrected chi connectivity index (χ2v) is 7.43. The van der Waals surface area contributed by atoms with Crippen LogP contribution < -0.4 is 0 Å². The first-order chi connectivity index (χ1) is 10.6. The van der Waals surface area contributed by atoms with Gasteiger partial charge in [-0.25, -0.2) is 8.57 Å². The normalized spacial score (nSPS) is 16.9. The number of allylic oxidation sites excluding steroid dienone is 1. The van der Waals surface area contributed by atoms with Crippen LogP contribution in [0.5, 0.6) is 0 Å². The minimum Gasteiger partial charge on any atom is -0.387 e. The predicted octanol–water partition coefficient (Wildman–Crippen LogP) is 3.82. The number of benzene rings is 2. The lowest BCUT2D eigenvalue weighted by Gasteiger charge is -2.24. The summed E-state index contributed by atoms with van der Waals surface area (Å²) in [7, 11) is -1.22. The molecule has 2 aromatic carbocycles. The molecule has 0 heterocycles. The predicted molar refractivity (Wildman–Crippen MR) is 91.2 cm³/mol. The fraction of sp³-hybridized carbons (Fsp3) is 0.222. The van der Waals surface area contributed by atoms with Crippen molar-refractivity contribution in [3.8, 4) is 0 Å². The van der Waals surface area contributed by atoms with Crippen LogP contribution in [0.1, 0.15) is 18.6 Å². The van der Waals surface area contributed by atoms with Crippen LogP contribution in [0.25, 0.3) is 0 Å². The molecule has 0 saturated heterocycles. The molecular formula is C18H21NO2S. The molecule has 1 N–H and O–H groups in total. The summed E-state index contributed by atoms with van der Waals surface area (Å²) in [6.07, 6.45) is 2.71. The van der Waals surface area contributed by atoms with Crippen molar-refractivity contribution in [1.82, 2.24) is 0 Å². The first-order valence-electron chi connectivity index (χ1n) is 7.18. The van der Waals surface area contributed by atoms with Crippen molar-refractivity contribution in [3.63, 3.8) is 0 Å². The molecule has 0 fully saturated rings. The van der Waals surface area contributed by atoms with Crippen molar-refractivity contribution in [1.29, 1.82) is 0 Å². The maximum atomic E-state index is 13.5. The molecule has 0 spiro atoms. The van der Waals surface area contributed by atoms with Crippen molar-refractivity contribution in [2.24, 2.45) is 4.36 Å². The Morgan fingerprint density at radius 1 is 1.05 bits per heavy atom. The smallest absolute Gasteiger partial charge is 0.0980 e. The van der Waals surface area contributed by atoms with Crippen molar-refractivity contribution in [2.45, 2.75) is 23.2 Å². The second-order valence-electron chi connectivity index (χ2n) is 4.91. The molecule has 0 radical (unpaired) electrons.